The van der Waals surface area contributed by atoms with Crippen LogP contribution in [-0.2, 0) is 16.4 Å². The molecular weight excluding hydrogens is 340 g/mol. The zero-order valence-electron chi connectivity index (χ0n) is 14.2. The normalized spacial score (nSPS) is 23.6. The molecule has 3 rings (SSSR count). The van der Waals surface area contributed by atoms with Gasteiger partial charge in [-0.15, -0.1) is 0 Å². The number of hydrogen-bond donors (Lipinski definition) is 1. The molecule has 1 N–H and O–H groups in total. The molecule has 2 aliphatic heterocycles. The van der Waals surface area contributed by atoms with Gasteiger partial charge in [0.05, 0.1) is 5.75 Å². The van der Waals surface area contributed by atoms with Crippen molar-refractivity contribution in [2.75, 3.05) is 36.9 Å². The van der Waals surface area contributed by atoms with E-state index in [1.54, 1.807) is 0 Å². The second-order valence-corrected chi connectivity index (χ2v) is 9.98. The van der Waals surface area contributed by atoms with E-state index in [4.69, 9.17) is 0 Å². The number of aryl methyl sites for hydroxylation is 1. The fourth-order valence-electron chi connectivity index (χ4n) is 3.55. The van der Waals surface area contributed by atoms with Crippen LogP contribution in [-0.4, -0.2) is 56.3 Å². The summed E-state index contributed by atoms with van der Waals surface area (Å²) in [4.78, 5) is 2.61. The highest BCUT2D eigenvalue weighted by Gasteiger charge is 2.27. The monoisotopic (exact) mass is 368 g/mol. The van der Waals surface area contributed by atoms with Crippen LogP contribution in [0.4, 0.5) is 0 Å². The fraction of sp³-hybridized carbons (Fsp3) is 0.667. The Kier molecular flexibility index (Phi) is 6.61. The molecule has 0 saturated carbocycles. The molecule has 0 amide bonds. The number of likely N-dealkylation sites (tertiary alicyclic amines) is 1. The Morgan fingerprint density at radius 3 is 2.54 bits per heavy atom. The predicted octanol–water partition coefficient (Wildman–Crippen LogP) is 2.37. The number of piperidine rings is 1. The number of thioether (sulfide) groups is 1. The molecule has 1 unspecified atom stereocenters. The highest BCUT2D eigenvalue weighted by molar-refractivity contribution is 7.99. The van der Waals surface area contributed by atoms with E-state index >= 15 is 0 Å². The molecule has 1 aromatic rings. The maximum absolute atomic E-state index is 12.2. The van der Waals surface area contributed by atoms with Crippen LogP contribution in [0.15, 0.2) is 30.3 Å². The van der Waals surface area contributed by atoms with Crippen LogP contribution < -0.4 is 4.72 Å². The molecule has 1 aromatic carbocycles. The van der Waals surface area contributed by atoms with Crippen molar-refractivity contribution in [3.05, 3.63) is 35.9 Å². The summed E-state index contributed by atoms with van der Waals surface area (Å²) in [6.07, 6.45) is 4.13. The summed E-state index contributed by atoms with van der Waals surface area (Å²) >= 11 is 2.06. The van der Waals surface area contributed by atoms with Gasteiger partial charge in [0.25, 0.3) is 0 Å². The van der Waals surface area contributed by atoms with E-state index in [1.807, 2.05) is 30.3 Å². The molecule has 0 spiro atoms. The molecule has 0 aliphatic carbocycles. The van der Waals surface area contributed by atoms with Crippen LogP contribution in [0.25, 0.3) is 0 Å². The molecule has 134 valence electrons. The van der Waals surface area contributed by atoms with Crippen LogP contribution in [0.2, 0.25) is 0 Å². The van der Waals surface area contributed by atoms with Gasteiger partial charge in [-0.05, 0) is 56.0 Å². The van der Waals surface area contributed by atoms with Crippen molar-refractivity contribution in [3.8, 4) is 0 Å². The third-order valence-corrected chi connectivity index (χ3v) is 7.66. The Balaban J connectivity index is 1.37. The summed E-state index contributed by atoms with van der Waals surface area (Å²) in [5.74, 6) is 3.24. The molecule has 0 radical (unpaired) electrons. The van der Waals surface area contributed by atoms with Crippen molar-refractivity contribution in [1.82, 2.24) is 9.62 Å². The van der Waals surface area contributed by atoms with Gasteiger partial charge in [0.2, 0.25) is 10.0 Å². The summed E-state index contributed by atoms with van der Waals surface area (Å²) in [5, 5.41) is 0. The zero-order valence-corrected chi connectivity index (χ0v) is 15.8. The van der Waals surface area contributed by atoms with E-state index in [1.165, 1.54) is 17.9 Å². The number of rotatable bonds is 7. The van der Waals surface area contributed by atoms with E-state index < -0.39 is 10.0 Å². The Labute approximate surface area is 150 Å². The van der Waals surface area contributed by atoms with Crippen molar-refractivity contribution < 1.29 is 8.42 Å². The summed E-state index contributed by atoms with van der Waals surface area (Å²) in [6.45, 7) is 2.85. The van der Waals surface area contributed by atoms with Crippen LogP contribution in [0.3, 0.4) is 0 Å². The maximum atomic E-state index is 12.2. The first-order valence-corrected chi connectivity index (χ1v) is 11.8. The predicted molar refractivity (Wildman–Crippen MR) is 102 cm³/mol. The van der Waals surface area contributed by atoms with Crippen molar-refractivity contribution >= 4 is 21.8 Å². The number of nitrogens with one attached hydrogen (secondary N) is 1. The quantitative estimate of drug-likeness (QED) is 0.803. The van der Waals surface area contributed by atoms with E-state index in [2.05, 4.69) is 21.4 Å². The minimum Gasteiger partial charge on any atom is -0.300 e. The summed E-state index contributed by atoms with van der Waals surface area (Å²) in [7, 11) is -3.18. The molecule has 4 nitrogen and oxygen atoms in total. The van der Waals surface area contributed by atoms with Crippen molar-refractivity contribution in [2.45, 2.75) is 31.7 Å². The molecule has 2 saturated heterocycles. The van der Waals surface area contributed by atoms with Crippen molar-refractivity contribution in [3.63, 3.8) is 0 Å². The van der Waals surface area contributed by atoms with Crippen LogP contribution in [0.1, 0.15) is 24.8 Å². The highest BCUT2D eigenvalue weighted by Crippen LogP contribution is 2.26. The van der Waals surface area contributed by atoms with E-state index in [-0.39, 0.29) is 5.75 Å². The van der Waals surface area contributed by atoms with Gasteiger partial charge in [-0.25, -0.2) is 13.1 Å². The molecule has 2 heterocycles. The molecular formula is C18H28N2O2S2. The average Bonchev–Trinajstić information content (AvgIpc) is 3.15. The lowest BCUT2D eigenvalue weighted by molar-refractivity contribution is 0.145. The third kappa shape index (κ3) is 5.48. The zero-order chi connectivity index (χ0) is 16.8. The molecule has 2 aliphatic rings. The Morgan fingerprint density at radius 2 is 1.88 bits per heavy atom. The molecule has 24 heavy (non-hydrogen) atoms. The topological polar surface area (TPSA) is 49.4 Å². The average molecular weight is 369 g/mol. The smallest absolute Gasteiger partial charge is 0.211 e. The number of hydrogen-bond acceptors (Lipinski definition) is 4. The molecule has 2 fully saturated rings. The number of benzene rings is 1. The van der Waals surface area contributed by atoms with E-state index in [9.17, 15) is 8.42 Å². The van der Waals surface area contributed by atoms with Crippen LogP contribution >= 0.6 is 11.8 Å². The number of sulfonamides is 1. The van der Waals surface area contributed by atoms with Gasteiger partial charge < -0.3 is 0 Å². The van der Waals surface area contributed by atoms with E-state index in [0.717, 1.165) is 37.5 Å². The summed E-state index contributed by atoms with van der Waals surface area (Å²) in [6, 6.07) is 10.6. The van der Waals surface area contributed by atoms with Gasteiger partial charge >= 0.3 is 0 Å². The molecule has 6 heteroatoms. The van der Waals surface area contributed by atoms with Crippen molar-refractivity contribution in [2.24, 2.45) is 5.92 Å². The lowest BCUT2D eigenvalue weighted by Crippen LogP contribution is -2.44. The first-order chi connectivity index (χ1) is 11.6. The second-order valence-electron chi connectivity index (χ2n) is 6.90. The van der Waals surface area contributed by atoms with Gasteiger partial charge in [-0.2, -0.15) is 11.8 Å². The summed E-state index contributed by atoms with van der Waals surface area (Å²) in [5.41, 5.74) is 1.07. The number of nitrogens with zero attached hydrogens (tertiary/aromatic N) is 1. The minimum absolute atomic E-state index is 0.176. The van der Waals surface area contributed by atoms with Crippen LogP contribution in [0, 0.1) is 5.92 Å². The van der Waals surface area contributed by atoms with Gasteiger partial charge in [0.1, 0.15) is 0 Å². The highest BCUT2D eigenvalue weighted by atomic mass is 32.2. The largest absolute Gasteiger partial charge is 0.300 e. The first-order valence-electron chi connectivity index (χ1n) is 8.95. The lowest BCUT2D eigenvalue weighted by atomic mass is 9.96. The first kappa shape index (κ1) is 18.2. The fourth-order valence-corrected chi connectivity index (χ4v) is 5.94. The standard InChI is InChI=1S/C18H28N2O2S2/c21-24(22,13-9-16-4-2-1-3-5-16)19-14-17-6-10-20(11-7-17)18-8-12-23-15-18/h1-5,17-19H,6-15H2. The Hall–Kier alpha value is -0.560. The SMILES string of the molecule is O=S(=O)(CCc1ccccc1)NCC1CCN(C2CCSC2)CC1. The third-order valence-electron chi connectivity index (χ3n) is 5.17. The van der Waals surface area contributed by atoms with Gasteiger partial charge in [-0.3, -0.25) is 4.90 Å². The minimum atomic E-state index is -3.18. The maximum Gasteiger partial charge on any atom is 0.211 e. The van der Waals surface area contributed by atoms with Crippen LogP contribution in [0.5, 0.6) is 0 Å². The van der Waals surface area contributed by atoms with Gasteiger partial charge in [-0.1, -0.05) is 30.3 Å². The molecule has 1 atom stereocenters. The Bertz CT molecular complexity index is 593. The van der Waals surface area contributed by atoms with Crippen molar-refractivity contribution in [1.29, 1.82) is 0 Å². The van der Waals surface area contributed by atoms with Gasteiger partial charge in [0, 0.05) is 18.3 Å². The van der Waals surface area contributed by atoms with Gasteiger partial charge in [0.15, 0.2) is 0 Å². The Morgan fingerprint density at radius 1 is 1.12 bits per heavy atom. The second kappa shape index (κ2) is 8.70. The van der Waals surface area contributed by atoms with E-state index in [0.29, 0.717) is 18.9 Å². The molecule has 0 bridgehead atoms. The summed E-state index contributed by atoms with van der Waals surface area (Å²) < 4.78 is 27.2. The molecule has 0 aromatic heterocycles. The lowest BCUT2D eigenvalue weighted by Gasteiger charge is -2.35.